The fourth-order valence-electron chi connectivity index (χ4n) is 0.825. The van der Waals surface area contributed by atoms with Gasteiger partial charge in [0.2, 0.25) is 0 Å². The summed E-state index contributed by atoms with van der Waals surface area (Å²) in [6, 6.07) is 1.91. The minimum absolute atomic E-state index is 0.0492. The molecule has 1 aliphatic carbocycles. The van der Waals surface area contributed by atoms with Crippen LogP contribution in [0.5, 0.6) is 0 Å². The third-order valence-corrected chi connectivity index (χ3v) is 1.52. The Morgan fingerprint density at radius 2 is 2.09 bits per heavy atom. The molecule has 0 saturated heterocycles. The fraction of sp³-hybridized carbons (Fsp3) is 0.222. The van der Waals surface area contributed by atoms with Crippen molar-refractivity contribution in [1.29, 1.82) is 5.26 Å². The normalized spacial score (nSPS) is 23.1. The first-order valence-corrected chi connectivity index (χ1v) is 3.44. The predicted octanol–water partition coefficient (Wildman–Crippen LogP) is 2.08. The molecular formula is C9H9NO. The fourth-order valence-corrected chi connectivity index (χ4v) is 0.825. The highest BCUT2D eigenvalue weighted by molar-refractivity contribution is 5.41. The van der Waals surface area contributed by atoms with E-state index in [0.717, 1.165) is 0 Å². The predicted molar refractivity (Wildman–Crippen MR) is 42.7 cm³/mol. The largest absolute Gasteiger partial charge is 0.507 e. The molecule has 0 fully saturated rings. The van der Waals surface area contributed by atoms with Crippen LogP contribution in [0.3, 0.4) is 0 Å². The molecule has 11 heavy (non-hydrogen) atoms. The summed E-state index contributed by atoms with van der Waals surface area (Å²) in [5.41, 5.74) is 0.325. The average Bonchev–Trinajstić information content (AvgIpc) is 2.15. The highest BCUT2D eigenvalue weighted by atomic mass is 16.3. The van der Waals surface area contributed by atoms with E-state index in [0.29, 0.717) is 5.57 Å². The second kappa shape index (κ2) is 3.07. The molecule has 1 unspecified atom stereocenters. The Labute approximate surface area is 65.8 Å². The molecule has 0 radical (unpaired) electrons. The van der Waals surface area contributed by atoms with Crippen LogP contribution in [0.25, 0.3) is 0 Å². The van der Waals surface area contributed by atoms with Crippen molar-refractivity contribution >= 4 is 0 Å². The van der Waals surface area contributed by atoms with Crippen LogP contribution in [0.4, 0.5) is 0 Å². The Bertz CT molecular complexity index is 278. The molecule has 0 spiro atoms. The van der Waals surface area contributed by atoms with Gasteiger partial charge in [0.1, 0.15) is 11.8 Å². The van der Waals surface area contributed by atoms with Crippen molar-refractivity contribution in [3.8, 4) is 6.07 Å². The van der Waals surface area contributed by atoms with Gasteiger partial charge in [0.05, 0.1) is 5.57 Å². The average molecular weight is 147 g/mol. The number of nitriles is 1. The number of rotatable bonds is 0. The third kappa shape index (κ3) is 1.71. The van der Waals surface area contributed by atoms with Crippen molar-refractivity contribution in [1.82, 2.24) is 0 Å². The van der Waals surface area contributed by atoms with E-state index in [2.05, 4.69) is 0 Å². The molecular weight excluding hydrogens is 138 g/mol. The van der Waals surface area contributed by atoms with E-state index >= 15 is 0 Å². The zero-order valence-corrected chi connectivity index (χ0v) is 6.28. The van der Waals surface area contributed by atoms with Gasteiger partial charge in [-0.1, -0.05) is 19.1 Å². The van der Waals surface area contributed by atoms with Crippen LogP contribution in [0.1, 0.15) is 6.92 Å². The van der Waals surface area contributed by atoms with Gasteiger partial charge in [-0.15, -0.1) is 0 Å². The Morgan fingerprint density at radius 3 is 2.73 bits per heavy atom. The lowest BCUT2D eigenvalue weighted by molar-refractivity contribution is 0.429. The van der Waals surface area contributed by atoms with Crippen LogP contribution < -0.4 is 0 Å². The number of hydrogen-bond acceptors (Lipinski definition) is 2. The monoisotopic (exact) mass is 147 g/mol. The quantitative estimate of drug-likeness (QED) is 0.570. The number of hydrogen-bond donors (Lipinski definition) is 1. The molecule has 0 aliphatic heterocycles. The standard InChI is InChI=1S/C9H9NO/c1-7-2-4-8(6-10)9(11)5-3-7/h2-5,7,11H,1H3. The number of aliphatic hydroxyl groups excluding tert-OH is 1. The zero-order chi connectivity index (χ0) is 8.27. The van der Waals surface area contributed by atoms with Crippen molar-refractivity contribution in [2.75, 3.05) is 0 Å². The van der Waals surface area contributed by atoms with Crippen molar-refractivity contribution in [2.24, 2.45) is 5.92 Å². The van der Waals surface area contributed by atoms with Gasteiger partial charge in [-0.25, -0.2) is 0 Å². The Hall–Kier alpha value is -1.49. The second-order valence-corrected chi connectivity index (χ2v) is 2.49. The van der Waals surface area contributed by atoms with Gasteiger partial charge in [-0.05, 0) is 18.1 Å². The third-order valence-electron chi connectivity index (χ3n) is 1.52. The van der Waals surface area contributed by atoms with E-state index in [9.17, 15) is 5.11 Å². The lowest BCUT2D eigenvalue weighted by Gasteiger charge is -1.91. The van der Waals surface area contributed by atoms with Crippen molar-refractivity contribution in [3.63, 3.8) is 0 Å². The second-order valence-electron chi connectivity index (χ2n) is 2.49. The smallest absolute Gasteiger partial charge is 0.133 e. The van der Waals surface area contributed by atoms with Crippen LogP contribution in [0, 0.1) is 17.2 Å². The van der Waals surface area contributed by atoms with Crippen molar-refractivity contribution in [2.45, 2.75) is 6.92 Å². The van der Waals surface area contributed by atoms with Gasteiger partial charge in [0.25, 0.3) is 0 Å². The van der Waals surface area contributed by atoms with Gasteiger partial charge in [-0.2, -0.15) is 5.26 Å². The molecule has 1 N–H and O–H groups in total. The van der Waals surface area contributed by atoms with Crippen LogP contribution in [-0.2, 0) is 0 Å². The summed E-state index contributed by atoms with van der Waals surface area (Å²) in [6.45, 7) is 1.99. The van der Waals surface area contributed by atoms with Gasteiger partial charge in [0, 0.05) is 0 Å². The van der Waals surface area contributed by atoms with E-state index in [1.165, 1.54) is 0 Å². The number of allylic oxidation sites excluding steroid dienone is 5. The highest BCUT2D eigenvalue weighted by Crippen LogP contribution is 2.12. The van der Waals surface area contributed by atoms with Crippen molar-refractivity contribution < 1.29 is 5.11 Å². The highest BCUT2D eigenvalue weighted by Gasteiger charge is 2.02. The molecule has 0 saturated carbocycles. The summed E-state index contributed by atoms with van der Waals surface area (Å²) in [7, 11) is 0. The van der Waals surface area contributed by atoms with Crippen molar-refractivity contribution in [3.05, 3.63) is 35.6 Å². The maximum absolute atomic E-state index is 9.19. The van der Waals surface area contributed by atoms with Crippen LogP contribution in [0.15, 0.2) is 35.6 Å². The van der Waals surface area contributed by atoms with E-state index in [-0.39, 0.29) is 11.7 Å². The van der Waals surface area contributed by atoms with Crippen LogP contribution >= 0.6 is 0 Å². The maximum atomic E-state index is 9.19. The van der Waals surface area contributed by atoms with E-state index in [1.54, 1.807) is 12.2 Å². The van der Waals surface area contributed by atoms with Crippen LogP contribution in [-0.4, -0.2) is 5.11 Å². The molecule has 1 aliphatic rings. The minimum Gasteiger partial charge on any atom is -0.507 e. The first-order valence-electron chi connectivity index (χ1n) is 3.44. The zero-order valence-electron chi connectivity index (χ0n) is 6.28. The first kappa shape index (κ1) is 7.62. The number of nitrogens with zero attached hydrogens (tertiary/aromatic N) is 1. The number of aliphatic hydroxyl groups is 1. The SMILES string of the molecule is CC1C=CC(O)=C(C#N)C=C1. The van der Waals surface area contributed by atoms with E-state index in [1.807, 2.05) is 25.1 Å². The molecule has 2 nitrogen and oxygen atoms in total. The van der Waals surface area contributed by atoms with Gasteiger partial charge in [0.15, 0.2) is 0 Å². The summed E-state index contributed by atoms with van der Waals surface area (Å²) in [5.74, 6) is 0.330. The summed E-state index contributed by atoms with van der Waals surface area (Å²) in [6.07, 6.45) is 6.91. The Balaban J connectivity index is 3.02. The lowest BCUT2D eigenvalue weighted by atomic mass is 10.1. The minimum atomic E-state index is 0.0492. The molecule has 0 aromatic heterocycles. The summed E-state index contributed by atoms with van der Waals surface area (Å²) in [5, 5.41) is 17.7. The molecule has 0 heterocycles. The molecule has 56 valence electrons. The molecule has 0 aromatic rings. The van der Waals surface area contributed by atoms with Crippen LogP contribution in [0.2, 0.25) is 0 Å². The van der Waals surface area contributed by atoms with E-state index in [4.69, 9.17) is 5.26 Å². The first-order chi connectivity index (χ1) is 5.24. The Kier molecular flexibility index (Phi) is 2.12. The topological polar surface area (TPSA) is 44.0 Å². The van der Waals surface area contributed by atoms with Gasteiger partial charge in [-0.3, -0.25) is 0 Å². The summed E-state index contributed by atoms with van der Waals surface area (Å²) < 4.78 is 0. The molecule has 0 amide bonds. The molecule has 0 bridgehead atoms. The molecule has 0 aromatic carbocycles. The Morgan fingerprint density at radius 1 is 1.45 bits per heavy atom. The van der Waals surface area contributed by atoms with E-state index < -0.39 is 0 Å². The van der Waals surface area contributed by atoms with Gasteiger partial charge < -0.3 is 5.11 Å². The summed E-state index contributed by atoms with van der Waals surface area (Å²) in [4.78, 5) is 0. The molecule has 1 rings (SSSR count). The lowest BCUT2D eigenvalue weighted by Crippen LogP contribution is -1.79. The maximum Gasteiger partial charge on any atom is 0.133 e. The van der Waals surface area contributed by atoms with Gasteiger partial charge >= 0.3 is 0 Å². The summed E-state index contributed by atoms with van der Waals surface area (Å²) >= 11 is 0. The molecule has 2 heteroatoms. The molecule has 1 atom stereocenters.